The van der Waals surface area contributed by atoms with Gasteiger partial charge in [0.2, 0.25) is 0 Å². The fraction of sp³-hybridized carbons (Fsp3) is 0.172. The second-order valence-corrected chi connectivity index (χ2v) is 8.49. The lowest BCUT2D eigenvalue weighted by atomic mass is 9.64. The van der Waals surface area contributed by atoms with Crippen LogP contribution in [0.1, 0.15) is 44.5 Å². The van der Waals surface area contributed by atoms with E-state index in [4.69, 9.17) is 0 Å². The molecular formula is C29H28O2. The molecule has 31 heavy (non-hydrogen) atoms. The molecule has 156 valence electrons. The Hall–Kier alpha value is -3.52. The average molecular weight is 409 g/mol. The monoisotopic (exact) mass is 408 g/mol. The van der Waals surface area contributed by atoms with E-state index in [-0.39, 0.29) is 11.5 Å². The minimum Gasteiger partial charge on any atom is -0.508 e. The van der Waals surface area contributed by atoms with Gasteiger partial charge in [-0.2, -0.15) is 0 Å². The first-order valence-corrected chi connectivity index (χ1v) is 10.6. The Morgan fingerprint density at radius 3 is 1.23 bits per heavy atom. The van der Waals surface area contributed by atoms with E-state index in [1.54, 1.807) is 12.1 Å². The maximum Gasteiger partial charge on any atom is 0.118 e. The van der Waals surface area contributed by atoms with Gasteiger partial charge in [0.05, 0.1) is 5.41 Å². The second kappa shape index (κ2) is 7.96. The van der Waals surface area contributed by atoms with E-state index in [1.165, 1.54) is 11.1 Å². The molecule has 0 radical (unpaired) electrons. The fourth-order valence-electron chi connectivity index (χ4n) is 4.53. The van der Waals surface area contributed by atoms with Gasteiger partial charge in [0.25, 0.3) is 0 Å². The summed E-state index contributed by atoms with van der Waals surface area (Å²) in [5.41, 5.74) is 7.86. The summed E-state index contributed by atoms with van der Waals surface area (Å²) in [6, 6.07) is 28.9. The summed E-state index contributed by atoms with van der Waals surface area (Å²) >= 11 is 0. The zero-order valence-corrected chi connectivity index (χ0v) is 18.5. The van der Waals surface area contributed by atoms with Crippen molar-refractivity contribution in [3.05, 3.63) is 129 Å². The van der Waals surface area contributed by atoms with Gasteiger partial charge in [0.15, 0.2) is 0 Å². The summed E-state index contributed by atoms with van der Waals surface area (Å²) < 4.78 is 0. The number of phenols is 2. The molecule has 0 unspecified atom stereocenters. The molecule has 2 heteroatoms. The molecule has 0 spiro atoms. The summed E-state index contributed by atoms with van der Waals surface area (Å²) in [6.45, 7) is 8.07. The zero-order chi connectivity index (χ0) is 22.2. The lowest BCUT2D eigenvalue weighted by Gasteiger charge is -2.37. The highest BCUT2D eigenvalue weighted by Gasteiger charge is 2.39. The number of phenolic OH excluding ortho intramolecular Hbond substituents is 2. The van der Waals surface area contributed by atoms with Crippen LogP contribution in [0, 0.1) is 27.7 Å². The lowest BCUT2D eigenvalue weighted by Crippen LogP contribution is -2.31. The maximum absolute atomic E-state index is 10.3. The summed E-state index contributed by atoms with van der Waals surface area (Å²) in [4.78, 5) is 0. The van der Waals surface area contributed by atoms with Crippen molar-refractivity contribution in [3.63, 3.8) is 0 Å². The Balaban J connectivity index is 2.20. The maximum atomic E-state index is 10.3. The number of hydrogen-bond acceptors (Lipinski definition) is 2. The largest absolute Gasteiger partial charge is 0.508 e. The number of aromatic hydroxyl groups is 2. The van der Waals surface area contributed by atoms with E-state index in [1.807, 2.05) is 26.0 Å². The van der Waals surface area contributed by atoms with Crippen molar-refractivity contribution < 1.29 is 10.2 Å². The van der Waals surface area contributed by atoms with Crippen molar-refractivity contribution in [3.8, 4) is 11.5 Å². The third kappa shape index (κ3) is 3.59. The van der Waals surface area contributed by atoms with Crippen molar-refractivity contribution in [1.82, 2.24) is 0 Å². The van der Waals surface area contributed by atoms with Crippen LogP contribution in [-0.4, -0.2) is 10.2 Å². The Labute approximate surface area is 184 Å². The normalized spacial score (nSPS) is 11.5. The van der Waals surface area contributed by atoms with Crippen molar-refractivity contribution in [2.24, 2.45) is 0 Å². The molecule has 0 saturated carbocycles. The quantitative estimate of drug-likeness (QED) is 0.368. The zero-order valence-electron chi connectivity index (χ0n) is 18.5. The van der Waals surface area contributed by atoms with Crippen LogP contribution in [0.3, 0.4) is 0 Å². The predicted octanol–water partition coefficient (Wildman–Crippen LogP) is 6.71. The highest BCUT2D eigenvalue weighted by molar-refractivity contribution is 5.62. The first kappa shape index (κ1) is 20.7. The van der Waals surface area contributed by atoms with Crippen molar-refractivity contribution in [2.45, 2.75) is 33.1 Å². The number of aryl methyl sites for hydroxylation is 4. The molecule has 4 aromatic rings. The van der Waals surface area contributed by atoms with E-state index < -0.39 is 5.41 Å². The third-order valence-electron chi connectivity index (χ3n) is 6.16. The molecule has 0 saturated heterocycles. The van der Waals surface area contributed by atoms with Crippen LogP contribution < -0.4 is 0 Å². The molecule has 0 amide bonds. The summed E-state index contributed by atoms with van der Waals surface area (Å²) in [6.07, 6.45) is 0. The standard InChI is InChI=1S/C29H28O2/c1-19-7-5-9-23(15-19)29(24-10-6-8-20(2)16-24,25-11-13-27(30)21(3)17-25)26-12-14-28(31)22(4)18-26/h5-18,30-31H,1-4H3. The van der Waals surface area contributed by atoms with Crippen LogP contribution >= 0.6 is 0 Å². The van der Waals surface area contributed by atoms with Gasteiger partial charge < -0.3 is 10.2 Å². The number of hydrogen-bond donors (Lipinski definition) is 2. The SMILES string of the molecule is Cc1cccc(C(c2cccc(C)c2)(c2ccc(O)c(C)c2)c2ccc(O)c(C)c2)c1. The van der Waals surface area contributed by atoms with E-state index in [0.29, 0.717) is 0 Å². The van der Waals surface area contributed by atoms with Gasteiger partial charge in [-0.1, -0.05) is 83.9 Å². The van der Waals surface area contributed by atoms with E-state index in [2.05, 4.69) is 74.5 Å². The van der Waals surface area contributed by atoms with Crippen LogP contribution in [0.15, 0.2) is 84.9 Å². The van der Waals surface area contributed by atoms with Crippen molar-refractivity contribution in [2.75, 3.05) is 0 Å². The molecule has 0 aromatic heterocycles. The molecule has 0 fully saturated rings. The first-order valence-electron chi connectivity index (χ1n) is 10.6. The van der Waals surface area contributed by atoms with Gasteiger partial charge in [0.1, 0.15) is 11.5 Å². The second-order valence-electron chi connectivity index (χ2n) is 8.49. The number of benzene rings is 4. The summed E-state index contributed by atoms with van der Waals surface area (Å²) in [5, 5.41) is 20.5. The number of rotatable bonds is 4. The molecule has 0 aliphatic heterocycles. The minimum atomic E-state index is -0.602. The predicted molar refractivity (Wildman–Crippen MR) is 127 cm³/mol. The van der Waals surface area contributed by atoms with Crippen LogP contribution in [-0.2, 0) is 5.41 Å². The lowest BCUT2D eigenvalue weighted by molar-refractivity contribution is 0.470. The smallest absolute Gasteiger partial charge is 0.118 e. The third-order valence-corrected chi connectivity index (χ3v) is 6.16. The van der Waals surface area contributed by atoms with Gasteiger partial charge in [-0.05, 0) is 73.2 Å². The van der Waals surface area contributed by atoms with Crippen molar-refractivity contribution >= 4 is 0 Å². The highest BCUT2D eigenvalue weighted by atomic mass is 16.3. The Morgan fingerprint density at radius 1 is 0.484 bits per heavy atom. The molecule has 0 aliphatic carbocycles. The van der Waals surface area contributed by atoms with E-state index in [0.717, 1.165) is 33.4 Å². The molecular weight excluding hydrogens is 380 g/mol. The van der Waals surface area contributed by atoms with Gasteiger partial charge in [-0.15, -0.1) is 0 Å². The van der Waals surface area contributed by atoms with Gasteiger partial charge >= 0.3 is 0 Å². The van der Waals surface area contributed by atoms with E-state index in [9.17, 15) is 10.2 Å². The highest BCUT2D eigenvalue weighted by Crippen LogP contribution is 2.47. The van der Waals surface area contributed by atoms with Gasteiger partial charge in [0, 0.05) is 0 Å². The van der Waals surface area contributed by atoms with Crippen LogP contribution in [0.25, 0.3) is 0 Å². The fourth-order valence-corrected chi connectivity index (χ4v) is 4.53. The first-order chi connectivity index (χ1) is 14.8. The Bertz CT molecular complexity index is 1150. The molecule has 4 aromatic carbocycles. The molecule has 0 heterocycles. The molecule has 0 atom stereocenters. The molecule has 0 bridgehead atoms. The molecule has 2 nitrogen and oxygen atoms in total. The van der Waals surface area contributed by atoms with Crippen LogP contribution in [0.2, 0.25) is 0 Å². The summed E-state index contributed by atoms with van der Waals surface area (Å²) in [7, 11) is 0. The molecule has 0 aliphatic rings. The van der Waals surface area contributed by atoms with Crippen molar-refractivity contribution in [1.29, 1.82) is 0 Å². The average Bonchev–Trinajstić information content (AvgIpc) is 2.74. The van der Waals surface area contributed by atoms with Gasteiger partial charge in [-0.25, -0.2) is 0 Å². The molecule has 4 rings (SSSR count). The Kier molecular flexibility index (Phi) is 5.32. The molecule has 2 N–H and O–H groups in total. The minimum absolute atomic E-state index is 0.285. The topological polar surface area (TPSA) is 40.5 Å². The van der Waals surface area contributed by atoms with Gasteiger partial charge in [-0.3, -0.25) is 0 Å². The Morgan fingerprint density at radius 2 is 0.871 bits per heavy atom. The van der Waals surface area contributed by atoms with Crippen LogP contribution in [0.5, 0.6) is 11.5 Å². The van der Waals surface area contributed by atoms with Crippen LogP contribution in [0.4, 0.5) is 0 Å². The summed E-state index contributed by atoms with van der Waals surface area (Å²) in [5.74, 6) is 0.570. The van der Waals surface area contributed by atoms with E-state index >= 15 is 0 Å².